The highest BCUT2D eigenvalue weighted by molar-refractivity contribution is 5.82. The van der Waals surface area contributed by atoms with Gasteiger partial charge in [0.05, 0.1) is 12.7 Å². The van der Waals surface area contributed by atoms with E-state index in [1.165, 1.54) is 23.9 Å². The van der Waals surface area contributed by atoms with E-state index in [4.69, 9.17) is 5.11 Å². The van der Waals surface area contributed by atoms with Crippen LogP contribution in [0.5, 0.6) is 0 Å². The number of aromatic nitrogens is 3. The first kappa shape index (κ1) is 12.8. The van der Waals surface area contributed by atoms with E-state index >= 15 is 0 Å². The van der Waals surface area contributed by atoms with Crippen LogP contribution in [0.1, 0.15) is 25.0 Å². The summed E-state index contributed by atoms with van der Waals surface area (Å²) in [5.41, 5.74) is 0.596. The predicted molar refractivity (Wildman–Crippen MR) is 70.8 cm³/mol. The van der Waals surface area contributed by atoms with Gasteiger partial charge in [0, 0.05) is 5.92 Å². The molecule has 1 aromatic rings. The zero-order valence-electron chi connectivity index (χ0n) is 11.6. The van der Waals surface area contributed by atoms with Crippen molar-refractivity contribution >= 4 is 11.9 Å². The number of carboxylic acids is 1. The summed E-state index contributed by atoms with van der Waals surface area (Å²) in [4.78, 5) is 22.8. The van der Waals surface area contributed by atoms with Crippen LogP contribution in [0.25, 0.3) is 0 Å². The minimum atomic E-state index is -0.961. The Labute approximate surface area is 121 Å². The molecule has 21 heavy (non-hydrogen) atoms. The molecule has 2 N–H and O–H groups in total. The molecule has 7 heteroatoms. The molecular weight excluding hydrogens is 272 g/mol. The molecule has 3 aliphatic carbocycles. The number of fused-ring (bicyclic) bond motifs is 5. The van der Waals surface area contributed by atoms with Crippen molar-refractivity contribution in [3.63, 3.8) is 0 Å². The zero-order valence-corrected chi connectivity index (χ0v) is 11.6. The average Bonchev–Trinajstić information content (AvgIpc) is 2.80. The predicted octanol–water partition coefficient (Wildman–Crippen LogP) is 0.271. The normalized spacial score (nSPS) is 35.5. The van der Waals surface area contributed by atoms with Crippen molar-refractivity contribution in [1.82, 2.24) is 20.3 Å². The largest absolute Gasteiger partial charge is 0.480 e. The maximum Gasteiger partial charge on any atom is 0.325 e. The maximum absolute atomic E-state index is 12.2. The maximum atomic E-state index is 12.2. The molecule has 0 aromatic carbocycles. The summed E-state index contributed by atoms with van der Waals surface area (Å²) in [5.74, 6) is 2.22. The molecule has 0 radical (unpaired) electrons. The molecule has 0 aliphatic heterocycles. The number of carbonyl (C=O) groups excluding carboxylic acids is 1. The van der Waals surface area contributed by atoms with Crippen LogP contribution < -0.4 is 5.32 Å². The number of rotatable bonds is 5. The van der Waals surface area contributed by atoms with Gasteiger partial charge in [-0.1, -0.05) is 5.21 Å². The number of aliphatic carboxylic acids is 1. The summed E-state index contributed by atoms with van der Waals surface area (Å²) in [5, 5.41) is 19.2. The Balaban J connectivity index is 1.30. The summed E-state index contributed by atoms with van der Waals surface area (Å²) in [6.45, 7) is 0.112. The summed E-state index contributed by atoms with van der Waals surface area (Å²) >= 11 is 0. The molecule has 3 fully saturated rings. The van der Waals surface area contributed by atoms with Gasteiger partial charge in [-0.25, -0.2) is 4.68 Å². The first-order valence-electron chi connectivity index (χ1n) is 7.52. The van der Waals surface area contributed by atoms with Gasteiger partial charge in [-0.15, -0.1) is 5.10 Å². The molecule has 3 saturated carbocycles. The van der Waals surface area contributed by atoms with E-state index in [0.29, 0.717) is 24.1 Å². The Morgan fingerprint density at radius 2 is 2.05 bits per heavy atom. The van der Waals surface area contributed by atoms with Crippen LogP contribution in [0.4, 0.5) is 0 Å². The number of carboxylic acid groups (broad SMARTS) is 1. The molecule has 112 valence electrons. The van der Waals surface area contributed by atoms with Gasteiger partial charge in [-0.2, -0.15) is 0 Å². The molecule has 2 bridgehead atoms. The molecule has 4 rings (SSSR count). The van der Waals surface area contributed by atoms with E-state index in [-0.39, 0.29) is 18.4 Å². The Morgan fingerprint density at radius 1 is 1.33 bits per heavy atom. The van der Waals surface area contributed by atoms with E-state index in [0.717, 1.165) is 11.8 Å². The van der Waals surface area contributed by atoms with Gasteiger partial charge in [0.15, 0.2) is 0 Å². The van der Waals surface area contributed by atoms with Gasteiger partial charge in [-0.05, 0) is 42.9 Å². The highest BCUT2D eigenvalue weighted by Crippen LogP contribution is 2.69. The molecular formula is C14H18N4O3. The number of nitrogens with one attached hydrogen (secondary N) is 1. The van der Waals surface area contributed by atoms with Gasteiger partial charge in [-0.3, -0.25) is 9.59 Å². The highest BCUT2D eigenvalue weighted by Gasteiger charge is 2.67. The van der Waals surface area contributed by atoms with Crippen LogP contribution in [0.15, 0.2) is 6.20 Å². The molecule has 3 aliphatic rings. The van der Waals surface area contributed by atoms with Crippen molar-refractivity contribution in [2.24, 2.45) is 29.6 Å². The van der Waals surface area contributed by atoms with E-state index in [1.54, 1.807) is 6.20 Å². The van der Waals surface area contributed by atoms with Crippen LogP contribution in [-0.4, -0.2) is 32.0 Å². The first-order chi connectivity index (χ1) is 10.1. The lowest BCUT2D eigenvalue weighted by Gasteiger charge is -2.08. The van der Waals surface area contributed by atoms with Crippen molar-refractivity contribution in [1.29, 1.82) is 0 Å². The average molecular weight is 290 g/mol. The van der Waals surface area contributed by atoms with E-state index < -0.39 is 5.97 Å². The minimum Gasteiger partial charge on any atom is -0.480 e. The second-order valence-corrected chi connectivity index (χ2v) is 6.53. The zero-order chi connectivity index (χ0) is 14.6. The molecule has 4 unspecified atom stereocenters. The van der Waals surface area contributed by atoms with Gasteiger partial charge in [0.1, 0.15) is 12.2 Å². The fraction of sp³-hybridized carbons (Fsp3) is 0.714. The smallest absolute Gasteiger partial charge is 0.325 e. The van der Waals surface area contributed by atoms with Crippen LogP contribution >= 0.6 is 0 Å². The molecule has 4 atom stereocenters. The monoisotopic (exact) mass is 290 g/mol. The lowest BCUT2D eigenvalue weighted by molar-refractivity contribution is -0.138. The molecule has 1 aromatic heterocycles. The van der Waals surface area contributed by atoms with Crippen molar-refractivity contribution in [2.45, 2.75) is 32.4 Å². The first-order valence-corrected chi connectivity index (χ1v) is 7.52. The molecule has 0 spiro atoms. The quantitative estimate of drug-likeness (QED) is 0.811. The van der Waals surface area contributed by atoms with E-state index in [2.05, 4.69) is 15.6 Å². The van der Waals surface area contributed by atoms with Crippen molar-refractivity contribution in [3.05, 3.63) is 11.9 Å². The summed E-state index contributed by atoms with van der Waals surface area (Å²) in [6.07, 6.45) is 5.51. The second kappa shape index (κ2) is 4.54. The standard InChI is InChI=1S/C14H18N4O3/c19-10(20)6-18-5-9(16-17-18)4-15-14(21)13-11-7-1-2-8(3-7)12(11)13/h5,7-8,11-13H,1-4,6H2,(H,15,21)(H,19,20). The number of hydrogen-bond acceptors (Lipinski definition) is 4. The topological polar surface area (TPSA) is 97.1 Å². The van der Waals surface area contributed by atoms with E-state index in [1.807, 2.05) is 0 Å². The fourth-order valence-electron chi connectivity index (χ4n) is 4.61. The minimum absolute atomic E-state index is 0.134. The summed E-state index contributed by atoms with van der Waals surface area (Å²) in [7, 11) is 0. The van der Waals surface area contributed by atoms with E-state index in [9.17, 15) is 9.59 Å². The van der Waals surface area contributed by atoms with Gasteiger partial charge in [0.25, 0.3) is 0 Å². The second-order valence-electron chi connectivity index (χ2n) is 6.53. The van der Waals surface area contributed by atoms with Gasteiger partial charge >= 0.3 is 5.97 Å². The van der Waals surface area contributed by atoms with Gasteiger partial charge in [0.2, 0.25) is 5.91 Å². The SMILES string of the molecule is O=C(O)Cn1cc(CNC(=O)C2C3C4CCC(C4)C23)nn1. The highest BCUT2D eigenvalue weighted by atomic mass is 16.4. The number of carbonyl (C=O) groups is 2. The lowest BCUT2D eigenvalue weighted by atomic mass is 10.0. The van der Waals surface area contributed by atoms with Crippen LogP contribution in [-0.2, 0) is 22.7 Å². The Kier molecular flexibility index (Phi) is 2.77. The van der Waals surface area contributed by atoms with Crippen molar-refractivity contribution in [3.8, 4) is 0 Å². The fourth-order valence-corrected chi connectivity index (χ4v) is 4.61. The number of hydrogen-bond donors (Lipinski definition) is 2. The molecule has 1 amide bonds. The molecule has 0 saturated heterocycles. The molecule has 7 nitrogen and oxygen atoms in total. The third-order valence-corrected chi connectivity index (χ3v) is 5.37. The summed E-state index contributed by atoms with van der Waals surface area (Å²) in [6, 6.07) is 0. The molecule has 1 heterocycles. The lowest BCUT2D eigenvalue weighted by Crippen LogP contribution is -2.27. The number of nitrogens with zero attached hydrogens (tertiary/aromatic N) is 3. The van der Waals surface area contributed by atoms with Crippen LogP contribution in [0.3, 0.4) is 0 Å². The van der Waals surface area contributed by atoms with Gasteiger partial charge < -0.3 is 10.4 Å². The third kappa shape index (κ3) is 2.11. The van der Waals surface area contributed by atoms with Crippen molar-refractivity contribution in [2.75, 3.05) is 0 Å². The number of amides is 1. The Bertz CT molecular complexity index is 583. The Hall–Kier alpha value is -1.92. The summed E-state index contributed by atoms with van der Waals surface area (Å²) < 4.78 is 1.26. The Morgan fingerprint density at radius 3 is 2.71 bits per heavy atom. The van der Waals surface area contributed by atoms with Crippen LogP contribution in [0, 0.1) is 29.6 Å². The van der Waals surface area contributed by atoms with Crippen LogP contribution in [0.2, 0.25) is 0 Å². The third-order valence-electron chi connectivity index (χ3n) is 5.37. The van der Waals surface area contributed by atoms with Crippen molar-refractivity contribution < 1.29 is 14.7 Å².